The monoisotopic (exact) mass is 1270 g/mol. The van der Waals surface area contributed by atoms with Crippen LogP contribution in [0.3, 0.4) is 0 Å². The number of carbonyl (C=O) groups excluding carboxylic acids is 4. The van der Waals surface area contributed by atoms with Gasteiger partial charge in [-0.25, -0.2) is 9.13 Å². The molecule has 0 rings (SSSR count). The lowest BCUT2D eigenvalue weighted by molar-refractivity contribution is -0.161. The molecule has 0 aromatic heterocycles. The SMILES string of the molecule is CC(C)CCCCCCCCCCCCCCCCCC(=O)OC[C@H](COP(=O)(O)OCC(O)COP(=O)(O)OC[C@@H](COC(=O)CCCCCCCCCC(C)C)OC(=O)CCCCCCCCC(C)C)OC(=O)CCCCCCCCC(C)C. The summed E-state index contributed by atoms with van der Waals surface area (Å²) in [7, 11) is -9.89. The average molecular weight is 1270 g/mol. The average Bonchev–Trinajstić information content (AvgIpc) is 3.64. The summed E-state index contributed by atoms with van der Waals surface area (Å²) in [5.74, 6) is 0.707. The van der Waals surface area contributed by atoms with E-state index < -0.39 is 97.5 Å². The third-order valence-corrected chi connectivity index (χ3v) is 17.2. The summed E-state index contributed by atoms with van der Waals surface area (Å²) in [6.45, 7) is 13.9. The smallest absolute Gasteiger partial charge is 0.462 e. The molecule has 0 saturated carbocycles. The molecule has 86 heavy (non-hydrogen) atoms. The maximum absolute atomic E-state index is 13.0. The molecule has 0 heterocycles. The largest absolute Gasteiger partial charge is 0.472 e. The first-order valence-electron chi connectivity index (χ1n) is 34.7. The first-order valence-corrected chi connectivity index (χ1v) is 37.7. The van der Waals surface area contributed by atoms with Crippen molar-refractivity contribution in [1.82, 2.24) is 0 Å². The molecule has 0 aromatic carbocycles. The molecule has 0 radical (unpaired) electrons. The Morgan fingerprint density at radius 2 is 0.488 bits per heavy atom. The van der Waals surface area contributed by atoms with Crippen LogP contribution in [0.1, 0.15) is 325 Å². The molecule has 5 atom stereocenters. The van der Waals surface area contributed by atoms with Crippen LogP contribution >= 0.6 is 15.6 Å². The second kappa shape index (κ2) is 57.0. The van der Waals surface area contributed by atoms with Crippen LogP contribution in [0.15, 0.2) is 0 Å². The van der Waals surface area contributed by atoms with Gasteiger partial charge in [-0.3, -0.25) is 37.3 Å². The maximum atomic E-state index is 13.0. The fourth-order valence-electron chi connectivity index (χ4n) is 9.96. The van der Waals surface area contributed by atoms with Crippen LogP contribution in [0.2, 0.25) is 0 Å². The van der Waals surface area contributed by atoms with E-state index >= 15 is 0 Å². The topological polar surface area (TPSA) is 237 Å². The minimum atomic E-state index is -4.95. The van der Waals surface area contributed by atoms with Gasteiger partial charge in [0, 0.05) is 25.7 Å². The molecule has 19 heteroatoms. The summed E-state index contributed by atoms with van der Waals surface area (Å²) >= 11 is 0. The van der Waals surface area contributed by atoms with Crippen molar-refractivity contribution in [2.75, 3.05) is 39.6 Å². The molecule has 0 amide bonds. The normalized spacial score (nSPS) is 14.4. The maximum Gasteiger partial charge on any atom is 0.472 e. The van der Waals surface area contributed by atoms with Crippen LogP contribution in [0.4, 0.5) is 0 Å². The van der Waals surface area contributed by atoms with Crippen LogP contribution in [0.5, 0.6) is 0 Å². The zero-order valence-corrected chi connectivity index (χ0v) is 57.7. The fourth-order valence-corrected chi connectivity index (χ4v) is 11.5. The summed E-state index contributed by atoms with van der Waals surface area (Å²) in [5, 5.41) is 10.5. The highest BCUT2D eigenvalue weighted by Gasteiger charge is 2.30. The van der Waals surface area contributed by atoms with Gasteiger partial charge in [0.2, 0.25) is 0 Å². The van der Waals surface area contributed by atoms with Gasteiger partial charge >= 0.3 is 39.5 Å². The lowest BCUT2D eigenvalue weighted by Gasteiger charge is -2.21. The highest BCUT2D eigenvalue weighted by atomic mass is 31.2. The van der Waals surface area contributed by atoms with Crippen LogP contribution in [-0.4, -0.2) is 96.7 Å². The van der Waals surface area contributed by atoms with Crippen LogP contribution in [0, 0.1) is 23.7 Å². The number of ether oxygens (including phenoxy) is 4. The summed E-state index contributed by atoms with van der Waals surface area (Å²) in [6.07, 6.45) is 38.1. The van der Waals surface area contributed by atoms with E-state index in [1.165, 1.54) is 122 Å². The van der Waals surface area contributed by atoms with E-state index in [1.807, 2.05) is 0 Å². The van der Waals surface area contributed by atoms with Crippen LogP contribution in [0.25, 0.3) is 0 Å². The van der Waals surface area contributed by atoms with E-state index in [9.17, 15) is 43.2 Å². The van der Waals surface area contributed by atoms with Gasteiger partial charge in [0.15, 0.2) is 12.2 Å². The van der Waals surface area contributed by atoms with Gasteiger partial charge in [0.05, 0.1) is 26.4 Å². The molecule has 0 aliphatic rings. The number of hydrogen-bond acceptors (Lipinski definition) is 15. The Labute approximate surface area is 524 Å². The van der Waals surface area contributed by atoms with Crippen molar-refractivity contribution >= 4 is 39.5 Å². The second-order valence-electron chi connectivity index (χ2n) is 26.1. The van der Waals surface area contributed by atoms with Crippen LogP contribution in [-0.2, 0) is 65.4 Å². The molecule has 3 unspecified atom stereocenters. The van der Waals surface area contributed by atoms with E-state index in [1.54, 1.807) is 0 Å². The highest BCUT2D eigenvalue weighted by molar-refractivity contribution is 7.47. The van der Waals surface area contributed by atoms with E-state index in [0.29, 0.717) is 43.4 Å². The summed E-state index contributed by atoms with van der Waals surface area (Å²) in [6, 6.07) is 0. The van der Waals surface area contributed by atoms with E-state index in [0.717, 1.165) is 102 Å². The number of esters is 4. The van der Waals surface area contributed by atoms with Crippen molar-refractivity contribution in [3.05, 3.63) is 0 Å². The lowest BCUT2D eigenvalue weighted by Crippen LogP contribution is -2.30. The van der Waals surface area contributed by atoms with E-state index in [2.05, 4.69) is 55.4 Å². The third kappa shape index (κ3) is 60.9. The summed E-state index contributed by atoms with van der Waals surface area (Å²) in [4.78, 5) is 72.2. The summed E-state index contributed by atoms with van der Waals surface area (Å²) < 4.78 is 68.0. The molecule has 0 saturated heterocycles. The first kappa shape index (κ1) is 84.1. The predicted octanol–water partition coefficient (Wildman–Crippen LogP) is 18.5. The number of phosphoric acid groups is 2. The number of phosphoric ester groups is 2. The molecule has 0 aliphatic carbocycles. The molecule has 0 spiro atoms. The molecule has 0 bridgehead atoms. The van der Waals surface area contributed by atoms with E-state index in [4.69, 9.17) is 37.0 Å². The number of aliphatic hydroxyl groups is 1. The Hall–Kier alpha value is -1.94. The van der Waals surface area contributed by atoms with Crippen molar-refractivity contribution < 1.29 is 80.2 Å². The number of hydrogen-bond donors (Lipinski definition) is 3. The van der Waals surface area contributed by atoms with Crippen molar-refractivity contribution in [2.24, 2.45) is 23.7 Å². The van der Waals surface area contributed by atoms with Gasteiger partial charge in [0.1, 0.15) is 19.3 Å². The molecular weight excluding hydrogens is 1140 g/mol. The Morgan fingerprint density at radius 3 is 0.721 bits per heavy atom. The van der Waals surface area contributed by atoms with Gasteiger partial charge in [-0.15, -0.1) is 0 Å². The van der Waals surface area contributed by atoms with Gasteiger partial charge in [-0.2, -0.15) is 0 Å². The van der Waals surface area contributed by atoms with Crippen LogP contribution < -0.4 is 0 Å². The van der Waals surface area contributed by atoms with Crippen molar-refractivity contribution in [3.8, 4) is 0 Å². The van der Waals surface area contributed by atoms with Gasteiger partial charge in [-0.05, 0) is 49.4 Å². The Bertz CT molecular complexity index is 1710. The fraction of sp³-hybridized carbons (Fsp3) is 0.940. The molecule has 510 valence electrons. The van der Waals surface area contributed by atoms with Gasteiger partial charge < -0.3 is 33.8 Å². The van der Waals surface area contributed by atoms with Gasteiger partial charge in [-0.1, -0.05) is 274 Å². The van der Waals surface area contributed by atoms with Crippen molar-refractivity contribution in [1.29, 1.82) is 0 Å². The number of carbonyl (C=O) groups is 4. The molecular formula is C67H130O17P2. The Kier molecular flexibility index (Phi) is 55.7. The van der Waals surface area contributed by atoms with Crippen molar-refractivity contribution in [3.63, 3.8) is 0 Å². The van der Waals surface area contributed by atoms with E-state index in [-0.39, 0.29) is 25.7 Å². The number of rotatable bonds is 64. The minimum Gasteiger partial charge on any atom is -0.462 e. The summed E-state index contributed by atoms with van der Waals surface area (Å²) in [5.41, 5.74) is 0. The quantitative estimate of drug-likeness (QED) is 0.0222. The lowest BCUT2D eigenvalue weighted by atomic mass is 10.0. The minimum absolute atomic E-state index is 0.101. The Morgan fingerprint density at radius 1 is 0.291 bits per heavy atom. The third-order valence-electron chi connectivity index (χ3n) is 15.3. The van der Waals surface area contributed by atoms with Gasteiger partial charge in [0.25, 0.3) is 0 Å². The number of unbranched alkanes of at least 4 members (excludes halogenated alkanes) is 30. The highest BCUT2D eigenvalue weighted by Crippen LogP contribution is 2.45. The molecule has 3 N–H and O–H groups in total. The van der Waals surface area contributed by atoms with Crippen molar-refractivity contribution in [2.45, 2.75) is 343 Å². The zero-order valence-electron chi connectivity index (χ0n) is 55.9. The molecule has 0 aromatic rings. The zero-order chi connectivity index (χ0) is 63.9. The first-order chi connectivity index (χ1) is 41.1. The predicted molar refractivity (Wildman–Crippen MR) is 344 cm³/mol. The second-order valence-corrected chi connectivity index (χ2v) is 29.0. The molecule has 17 nitrogen and oxygen atoms in total. The standard InChI is InChI=1S/C67H130O17P2/c1-57(2)43-35-27-19-16-14-12-10-9-11-13-15-17-21-31-39-47-64(69)77-53-62(83-66(71)49-41-33-25-23-29-37-45-59(5)6)55-81-85(73,74)79-51-61(68)52-80-86(75,76)82-56-63(84-67(72)50-42-34-26-24-30-38-46-60(7)8)54-78-65(70)48-40-32-22-18-20-28-36-44-58(3)4/h57-63,68H,9-56H2,1-8H3,(H,73,74)(H,75,76)/t61?,62-,63-/m1/s1. The molecule has 0 fully saturated rings. The molecule has 0 aliphatic heterocycles. The Balaban J connectivity index is 5.15. The number of aliphatic hydroxyl groups excluding tert-OH is 1.